The highest BCUT2D eigenvalue weighted by molar-refractivity contribution is 9.09. The van der Waals surface area contributed by atoms with Crippen LogP contribution in [0, 0.1) is 5.82 Å². The molecule has 0 saturated carbocycles. The van der Waals surface area contributed by atoms with Gasteiger partial charge < -0.3 is 0 Å². The van der Waals surface area contributed by atoms with Gasteiger partial charge in [0.05, 0.1) is 0 Å². The zero-order chi connectivity index (χ0) is 12.3. The van der Waals surface area contributed by atoms with E-state index in [-0.39, 0.29) is 24.0 Å². The Hall–Kier alpha value is -1.26. The van der Waals surface area contributed by atoms with E-state index in [4.69, 9.17) is 0 Å². The second-order valence-corrected chi connectivity index (χ2v) is 4.43. The Kier molecular flexibility index (Phi) is 5.44. The van der Waals surface area contributed by atoms with Gasteiger partial charge in [-0.05, 0) is 42.0 Å². The summed E-state index contributed by atoms with van der Waals surface area (Å²) >= 11 is 3.34. The molecule has 18 heavy (non-hydrogen) atoms. The van der Waals surface area contributed by atoms with E-state index < -0.39 is 4.83 Å². The van der Waals surface area contributed by atoms with Gasteiger partial charge in [-0.3, -0.25) is 9.78 Å². The predicted molar refractivity (Wildman–Crippen MR) is 73.9 cm³/mol. The van der Waals surface area contributed by atoms with E-state index in [0.29, 0.717) is 5.56 Å². The van der Waals surface area contributed by atoms with Gasteiger partial charge in [-0.25, -0.2) is 4.39 Å². The molecule has 0 aliphatic rings. The molecule has 0 spiro atoms. The minimum absolute atomic E-state index is 0. The molecule has 0 radical (unpaired) electrons. The molecule has 2 aromatic rings. The quantitative estimate of drug-likeness (QED) is 0.630. The van der Waals surface area contributed by atoms with Crippen LogP contribution in [0.15, 0.2) is 48.8 Å². The summed E-state index contributed by atoms with van der Waals surface area (Å²) in [4.78, 5) is 15.5. The van der Waals surface area contributed by atoms with E-state index in [0.717, 1.165) is 5.56 Å². The van der Waals surface area contributed by atoms with Gasteiger partial charge in [-0.1, -0.05) is 15.9 Å². The highest BCUT2D eigenvalue weighted by atomic mass is 79.9. The number of carbonyl (C=O) groups excluding carboxylic acids is 1. The first-order valence-electron chi connectivity index (χ1n) is 5.02. The van der Waals surface area contributed by atoms with Gasteiger partial charge in [-0.2, -0.15) is 0 Å². The van der Waals surface area contributed by atoms with Crippen molar-refractivity contribution in [2.24, 2.45) is 0 Å². The van der Waals surface area contributed by atoms with Crippen LogP contribution in [0.1, 0.15) is 20.7 Å². The molecule has 2 nitrogen and oxygen atoms in total. The third kappa shape index (κ3) is 3.37. The second-order valence-electron chi connectivity index (χ2n) is 3.51. The molecule has 1 unspecified atom stereocenters. The van der Waals surface area contributed by atoms with Crippen LogP contribution in [0.2, 0.25) is 0 Å². The van der Waals surface area contributed by atoms with Crippen molar-refractivity contribution in [3.63, 3.8) is 0 Å². The molecule has 0 fully saturated rings. The molecule has 0 aliphatic carbocycles. The molecular weight excluding hydrogens is 321 g/mol. The van der Waals surface area contributed by atoms with E-state index >= 15 is 0 Å². The molecule has 2 rings (SSSR count). The van der Waals surface area contributed by atoms with Crippen molar-refractivity contribution < 1.29 is 9.18 Å². The van der Waals surface area contributed by atoms with Crippen LogP contribution in [0.25, 0.3) is 0 Å². The van der Waals surface area contributed by atoms with E-state index in [9.17, 15) is 9.18 Å². The number of aromatic nitrogens is 1. The summed E-state index contributed by atoms with van der Waals surface area (Å²) in [6, 6.07) is 9.04. The first-order valence-corrected chi connectivity index (χ1v) is 5.94. The number of pyridine rings is 1. The lowest BCUT2D eigenvalue weighted by atomic mass is 10.0. The van der Waals surface area contributed by atoms with E-state index in [1.165, 1.54) is 24.3 Å². The molecule has 0 amide bonds. The number of benzene rings is 1. The number of halogens is 3. The maximum Gasteiger partial charge on any atom is 0.180 e. The Labute approximate surface area is 119 Å². The molecule has 5 heteroatoms. The highest BCUT2D eigenvalue weighted by Crippen LogP contribution is 2.26. The smallest absolute Gasteiger partial charge is 0.180 e. The summed E-state index contributed by atoms with van der Waals surface area (Å²) in [5, 5.41) is 0. The molecule has 94 valence electrons. The number of nitrogens with zero attached hydrogens (tertiary/aromatic N) is 1. The summed E-state index contributed by atoms with van der Waals surface area (Å²) < 4.78 is 12.7. The molecule has 0 bridgehead atoms. The van der Waals surface area contributed by atoms with Crippen LogP contribution < -0.4 is 0 Å². The fourth-order valence-corrected chi connectivity index (χ4v) is 2.01. The van der Waals surface area contributed by atoms with E-state index in [2.05, 4.69) is 20.9 Å². The Morgan fingerprint density at radius 3 is 2.22 bits per heavy atom. The average Bonchev–Trinajstić information content (AvgIpc) is 2.39. The first-order chi connectivity index (χ1) is 8.18. The summed E-state index contributed by atoms with van der Waals surface area (Å²) in [5.74, 6) is -0.451. The summed E-state index contributed by atoms with van der Waals surface area (Å²) in [7, 11) is 0. The predicted octanol–water partition coefficient (Wildman–Crippen LogP) is 3.96. The topological polar surface area (TPSA) is 30.0 Å². The maximum atomic E-state index is 12.7. The first kappa shape index (κ1) is 14.8. The van der Waals surface area contributed by atoms with Crippen molar-refractivity contribution in [2.75, 3.05) is 0 Å². The van der Waals surface area contributed by atoms with Crippen molar-refractivity contribution in [3.8, 4) is 0 Å². The molecule has 1 aromatic carbocycles. The standard InChI is InChI=1S/C13H9BrFNO.ClH/c14-12(9-5-7-16-8-6-9)13(17)10-1-3-11(15)4-2-10;/h1-8,12H;1H. The van der Waals surface area contributed by atoms with Gasteiger partial charge >= 0.3 is 0 Å². The van der Waals surface area contributed by atoms with Crippen LogP contribution >= 0.6 is 28.3 Å². The zero-order valence-electron chi connectivity index (χ0n) is 9.22. The lowest BCUT2D eigenvalue weighted by Crippen LogP contribution is -2.07. The van der Waals surface area contributed by atoms with Gasteiger partial charge in [0.25, 0.3) is 0 Å². The molecule has 1 atom stereocenters. The van der Waals surface area contributed by atoms with Crippen LogP contribution in [0.5, 0.6) is 0 Å². The maximum absolute atomic E-state index is 12.7. The number of carbonyl (C=O) groups is 1. The number of alkyl halides is 1. The minimum Gasteiger partial charge on any atom is -0.293 e. The number of hydrogen-bond acceptors (Lipinski definition) is 2. The Morgan fingerprint density at radius 1 is 1.11 bits per heavy atom. The normalized spacial score (nSPS) is 11.4. The fourth-order valence-electron chi connectivity index (χ4n) is 1.44. The molecular formula is C13H10BrClFNO. The Bertz CT molecular complexity index is 518. The Balaban J connectivity index is 0.00000162. The average molecular weight is 331 g/mol. The monoisotopic (exact) mass is 329 g/mol. The molecule has 1 heterocycles. The zero-order valence-corrected chi connectivity index (χ0v) is 11.6. The van der Waals surface area contributed by atoms with Gasteiger partial charge in [0.2, 0.25) is 0 Å². The number of hydrogen-bond donors (Lipinski definition) is 0. The number of rotatable bonds is 3. The van der Waals surface area contributed by atoms with Gasteiger partial charge in [0.15, 0.2) is 5.78 Å². The van der Waals surface area contributed by atoms with Gasteiger partial charge in [0.1, 0.15) is 10.6 Å². The summed E-state index contributed by atoms with van der Waals surface area (Å²) in [6.07, 6.45) is 3.25. The fraction of sp³-hybridized carbons (Fsp3) is 0.0769. The van der Waals surface area contributed by atoms with Gasteiger partial charge in [0, 0.05) is 18.0 Å². The largest absolute Gasteiger partial charge is 0.293 e. The third-order valence-electron chi connectivity index (χ3n) is 2.36. The number of ketones is 1. The van der Waals surface area contributed by atoms with Crippen LogP contribution in [0.3, 0.4) is 0 Å². The third-order valence-corrected chi connectivity index (χ3v) is 3.30. The molecule has 1 aromatic heterocycles. The van der Waals surface area contributed by atoms with E-state index in [1.807, 2.05) is 0 Å². The van der Waals surface area contributed by atoms with Crippen molar-refractivity contribution in [2.45, 2.75) is 4.83 Å². The van der Waals surface area contributed by atoms with Crippen molar-refractivity contribution in [1.29, 1.82) is 0 Å². The second kappa shape index (κ2) is 6.61. The Morgan fingerprint density at radius 2 is 1.67 bits per heavy atom. The van der Waals surface area contributed by atoms with Crippen molar-refractivity contribution in [1.82, 2.24) is 4.98 Å². The molecule has 0 N–H and O–H groups in total. The van der Waals surface area contributed by atoms with Gasteiger partial charge in [-0.15, -0.1) is 12.4 Å². The van der Waals surface area contributed by atoms with Crippen LogP contribution in [-0.4, -0.2) is 10.8 Å². The highest BCUT2D eigenvalue weighted by Gasteiger charge is 2.18. The SMILES string of the molecule is Cl.O=C(c1ccc(F)cc1)C(Br)c1ccncc1. The van der Waals surface area contributed by atoms with Crippen LogP contribution in [-0.2, 0) is 0 Å². The number of Topliss-reactive ketones (excluding diaryl/α,β-unsaturated/α-hetero) is 1. The lowest BCUT2D eigenvalue weighted by Gasteiger charge is -2.08. The van der Waals surface area contributed by atoms with Crippen molar-refractivity contribution >= 4 is 34.1 Å². The van der Waals surface area contributed by atoms with Crippen LogP contribution in [0.4, 0.5) is 4.39 Å². The summed E-state index contributed by atoms with van der Waals surface area (Å²) in [6.45, 7) is 0. The molecule has 0 saturated heterocycles. The minimum atomic E-state index is -0.434. The lowest BCUT2D eigenvalue weighted by molar-refractivity contribution is 0.0991. The molecule has 0 aliphatic heterocycles. The van der Waals surface area contributed by atoms with E-state index in [1.54, 1.807) is 24.5 Å². The van der Waals surface area contributed by atoms with Crippen molar-refractivity contribution in [3.05, 3.63) is 65.7 Å². The summed E-state index contributed by atoms with van der Waals surface area (Å²) in [5.41, 5.74) is 1.31.